The molecule has 0 atom stereocenters. The van der Waals surface area contributed by atoms with Crippen LogP contribution in [0, 0.1) is 0 Å². The van der Waals surface area contributed by atoms with Crippen LogP contribution >= 0.6 is 11.3 Å². The molecular weight excluding hydrogens is 334 g/mol. The molecule has 134 valence electrons. The van der Waals surface area contributed by atoms with Gasteiger partial charge in [-0.3, -0.25) is 9.59 Å². The van der Waals surface area contributed by atoms with E-state index >= 15 is 0 Å². The van der Waals surface area contributed by atoms with Crippen molar-refractivity contribution in [2.45, 2.75) is 76.7 Å². The van der Waals surface area contributed by atoms with E-state index in [9.17, 15) is 9.59 Å². The number of hydrogen-bond donors (Lipinski definition) is 2. The molecule has 0 aromatic carbocycles. The molecule has 0 aliphatic heterocycles. The maximum atomic E-state index is 12.6. The van der Waals surface area contributed by atoms with Gasteiger partial charge in [-0.2, -0.15) is 0 Å². The molecule has 2 N–H and O–H groups in total. The lowest BCUT2D eigenvalue weighted by atomic mass is 10.1. The van der Waals surface area contributed by atoms with Crippen LogP contribution in [0.3, 0.4) is 0 Å². The van der Waals surface area contributed by atoms with Crippen molar-refractivity contribution >= 4 is 27.5 Å². The maximum absolute atomic E-state index is 12.6. The van der Waals surface area contributed by atoms with Crippen LogP contribution in [0.1, 0.15) is 67.6 Å². The number of aryl methyl sites for hydroxylation is 3. The highest BCUT2D eigenvalue weighted by molar-refractivity contribution is 7.18. The topological polar surface area (TPSA) is 74.8 Å². The number of nitrogens with zero attached hydrogens (tertiary/aromatic N) is 1. The summed E-state index contributed by atoms with van der Waals surface area (Å²) < 4.78 is 0. The number of nitrogens with one attached hydrogen (secondary N) is 2. The first-order valence-electron chi connectivity index (χ1n) is 9.53. The molecule has 4 rings (SSSR count). The van der Waals surface area contributed by atoms with Crippen molar-refractivity contribution in [2.75, 3.05) is 0 Å². The molecule has 5 nitrogen and oxygen atoms in total. The third-order valence-electron chi connectivity index (χ3n) is 5.43. The van der Waals surface area contributed by atoms with Crippen LogP contribution in [-0.2, 0) is 24.1 Å². The average molecular weight is 359 g/mol. The summed E-state index contributed by atoms with van der Waals surface area (Å²) in [6, 6.07) is 0.343. The Morgan fingerprint density at radius 3 is 2.80 bits per heavy atom. The summed E-state index contributed by atoms with van der Waals surface area (Å²) in [5, 5.41) is 3.88. The van der Waals surface area contributed by atoms with E-state index in [0.29, 0.717) is 24.7 Å². The molecule has 2 aliphatic rings. The van der Waals surface area contributed by atoms with Gasteiger partial charge in [-0.1, -0.05) is 19.3 Å². The first kappa shape index (κ1) is 16.8. The molecule has 0 radical (unpaired) electrons. The van der Waals surface area contributed by atoms with Gasteiger partial charge in [-0.25, -0.2) is 4.98 Å². The van der Waals surface area contributed by atoms with Crippen LogP contribution in [0.4, 0.5) is 0 Å². The Kier molecular flexibility index (Phi) is 4.88. The third-order valence-corrected chi connectivity index (χ3v) is 6.62. The number of carbonyl (C=O) groups is 1. The molecular formula is C19H25N3O2S. The van der Waals surface area contributed by atoms with Crippen molar-refractivity contribution in [3.8, 4) is 0 Å². The lowest BCUT2D eigenvalue weighted by Crippen LogP contribution is -2.32. The quantitative estimate of drug-likeness (QED) is 0.823. The number of rotatable bonds is 4. The number of hydrogen-bond acceptors (Lipinski definition) is 4. The molecule has 2 aromatic rings. The summed E-state index contributed by atoms with van der Waals surface area (Å²) in [6.45, 7) is 0. The van der Waals surface area contributed by atoms with Crippen LogP contribution in [0.15, 0.2) is 4.79 Å². The van der Waals surface area contributed by atoms with Gasteiger partial charge in [0.25, 0.3) is 5.56 Å². The normalized spacial score (nSPS) is 18.2. The first-order chi connectivity index (χ1) is 12.2. The Morgan fingerprint density at radius 1 is 1.16 bits per heavy atom. The highest BCUT2D eigenvalue weighted by atomic mass is 32.1. The maximum Gasteiger partial charge on any atom is 0.259 e. The van der Waals surface area contributed by atoms with Crippen LogP contribution in [0.5, 0.6) is 0 Å². The van der Waals surface area contributed by atoms with Gasteiger partial charge in [0.2, 0.25) is 5.91 Å². The largest absolute Gasteiger partial charge is 0.353 e. The van der Waals surface area contributed by atoms with Gasteiger partial charge in [0.1, 0.15) is 10.7 Å². The summed E-state index contributed by atoms with van der Waals surface area (Å²) in [6.07, 6.45) is 11.1. The minimum atomic E-state index is -0.0319. The van der Waals surface area contributed by atoms with Gasteiger partial charge in [0.15, 0.2) is 0 Å². The molecule has 1 saturated carbocycles. The van der Waals surface area contributed by atoms with Crippen molar-refractivity contribution in [1.82, 2.24) is 15.3 Å². The number of fused-ring (bicyclic) bond motifs is 3. The van der Waals surface area contributed by atoms with E-state index in [-0.39, 0.29) is 11.5 Å². The predicted molar refractivity (Wildman–Crippen MR) is 100 cm³/mol. The Hall–Kier alpha value is -1.69. The lowest BCUT2D eigenvalue weighted by Gasteiger charge is -2.11. The van der Waals surface area contributed by atoms with Crippen molar-refractivity contribution in [2.24, 2.45) is 0 Å². The third kappa shape index (κ3) is 3.64. The van der Waals surface area contributed by atoms with Gasteiger partial charge >= 0.3 is 0 Å². The Labute approximate surface area is 151 Å². The second-order valence-electron chi connectivity index (χ2n) is 7.31. The van der Waals surface area contributed by atoms with Crippen molar-refractivity contribution in [3.63, 3.8) is 0 Å². The summed E-state index contributed by atoms with van der Waals surface area (Å²) in [5.74, 6) is 0.701. The molecule has 0 saturated heterocycles. The highest BCUT2D eigenvalue weighted by Crippen LogP contribution is 2.32. The van der Waals surface area contributed by atoms with Crippen LogP contribution in [-0.4, -0.2) is 21.9 Å². The predicted octanol–water partition coefficient (Wildman–Crippen LogP) is 3.24. The van der Waals surface area contributed by atoms with Gasteiger partial charge in [0, 0.05) is 23.8 Å². The Morgan fingerprint density at radius 2 is 1.96 bits per heavy atom. The average Bonchev–Trinajstić information content (AvgIpc) is 3.15. The van der Waals surface area contributed by atoms with Crippen LogP contribution < -0.4 is 10.9 Å². The smallest absolute Gasteiger partial charge is 0.259 e. The summed E-state index contributed by atoms with van der Waals surface area (Å²) in [4.78, 5) is 34.4. The van der Waals surface area contributed by atoms with Gasteiger partial charge in [0.05, 0.1) is 5.39 Å². The second-order valence-corrected chi connectivity index (χ2v) is 8.39. The second kappa shape index (κ2) is 7.28. The summed E-state index contributed by atoms with van der Waals surface area (Å²) >= 11 is 1.67. The number of thiophene rings is 1. The standard InChI is InChI=1S/C19H25N3O2S/c23-16(20-12-6-4-5-7-12)11-10-15-21-18(24)17-13-8-2-1-3-9-14(13)25-19(17)22-15/h12H,1-11H2,(H,20,23)(H,21,22,24). The fraction of sp³-hybridized carbons (Fsp3) is 0.632. The summed E-state index contributed by atoms with van der Waals surface area (Å²) in [7, 11) is 0. The molecule has 2 heterocycles. The lowest BCUT2D eigenvalue weighted by molar-refractivity contribution is -0.121. The van der Waals surface area contributed by atoms with Gasteiger partial charge in [-0.05, 0) is 44.1 Å². The molecule has 0 unspecified atom stereocenters. The van der Waals surface area contributed by atoms with E-state index in [1.165, 1.54) is 36.1 Å². The number of amides is 1. The SMILES string of the molecule is O=C(CCc1nc2sc3c(c2c(=O)[nH]1)CCCCC3)NC1CCCC1. The zero-order valence-corrected chi connectivity index (χ0v) is 15.3. The number of aromatic amines is 1. The zero-order chi connectivity index (χ0) is 17.2. The van der Waals surface area contributed by atoms with Crippen molar-refractivity contribution in [1.29, 1.82) is 0 Å². The minimum Gasteiger partial charge on any atom is -0.353 e. The Balaban J connectivity index is 1.49. The van der Waals surface area contributed by atoms with Gasteiger partial charge in [-0.15, -0.1) is 11.3 Å². The monoisotopic (exact) mass is 359 g/mol. The molecule has 0 bridgehead atoms. The molecule has 25 heavy (non-hydrogen) atoms. The van der Waals surface area contributed by atoms with E-state index in [2.05, 4.69) is 15.3 Å². The number of H-pyrrole nitrogens is 1. The molecule has 6 heteroatoms. The molecule has 1 fully saturated rings. The van der Waals surface area contributed by atoms with Crippen LogP contribution in [0.25, 0.3) is 10.2 Å². The number of carbonyl (C=O) groups excluding carboxylic acids is 1. The van der Waals surface area contributed by atoms with E-state index in [4.69, 9.17) is 0 Å². The number of aromatic nitrogens is 2. The van der Waals surface area contributed by atoms with Crippen molar-refractivity contribution in [3.05, 3.63) is 26.6 Å². The Bertz CT molecular complexity index is 833. The minimum absolute atomic E-state index is 0.0319. The molecule has 0 spiro atoms. The van der Waals surface area contributed by atoms with E-state index < -0.39 is 0 Å². The highest BCUT2D eigenvalue weighted by Gasteiger charge is 2.20. The van der Waals surface area contributed by atoms with Gasteiger partial charge < -0.3 is 10.3 Å². The van der Waals surface area contributed by atoms with Crippen molar-refractivity contribution < 1.29 is 4.79 Å². The van der Waals surface area contributed by atoms with Crippen LogP contribution in [0.2, 0.25) is 0 Å². The first-order valence-corrected chi connectivity index (χ1v) is 10.3. The van der Waals surface area contributed by atoms with E-state index in [1.54, 1.807) is 11.3 Å². The van der Waals surface area contributed by atoms with E-state index in [1.807, 2.05) is 0 Å². The molecule has 2 aliphatic carbocycles. The fourth-order valence-corrected chi connectivity index (χ4v) is 5.39. The zero-order valence-electron chi connectivity index (χ0n) is 14.5. The summed E-state index contributed by atoms with van der Waals surface area (Å²) in [5.41, 5.74) is 1.19. The van der Waals surface area contributed by atoms with E-state index in [0.717, 1.165) is 42.3 Å². The molecule has 1 amide bonds. The fourth-order valence-electron chi connectivity index (χ4n) is 4.11. The molecule has 2 aromatic heterocycles.